The molecule has 1 aliphatic rings. The molecule has 1 heterocycles. The summed E-state index contributed by atoms with van der Waals surface area (Å²) < 4.78 is 36.6. The fourth-order valence-electron chi connectivity index (χ4n) is 2.87. The summed E-state index contributed by atoms with van der Waals surface area (Å²) in [6.07, 6.45) is 3.18. The lowest BCUT2D eigenvalue weighted by Crippen LogP contribution is -2.27. The standard InChI is InChI=1S/C21H18N2O7S3/c1-3-11-22-20(24)18(32-21(22)31)13-14-9-10-16(17(12-14)29-4-2)30-33(27,28)19-8-6-5-7-15(19)23(25)26/h3,5-10,12-13H,1,4,11H2,2H3/b18-13+. The van der Waals surface area contributed by atoms with E-state index in [-0.39, 0.29) is 24.0 Å². The van der Waals surface area contributed by atoms with Gasteiger partial charge in [-0.15, -0.1) is 6.58 Å². The first kappa shape index (κ1) is 24.4. The van der Waals surface area contributed by atoms with Crippen LogP contribution >= 0.6 is 24.0 Å². The SMILES string of the molecule is C=CCN1C(=O)/C(=C\c2ccc(OS(=O)(=O)c3ccccc3[N+](=O)[O-])c(OCC)c2)SC1=S. The average Bonchev–Trinajstić information content (AvgIpc) is 3.03. The Hall–Kier alpha value is -3.22. The van der Waals surface area contributed by atoms with Crippen LogP contribution in [0.5, 0.6) is 11.5 Å². The van der Waals surface area contributed by atoms with E-state index < -0.39 is 25.6 Å². The number of nitro groups is 1. The van der Waals surface area contributed by atoms with Crippen LogP contribution in [0.3, 0.4) is 0 Å². The van der Waals surface area contributed by atoms with E-state index in [2.05, 4.69) is 6.58 Å². The largest absolute Gasteiger partial charge is 0.490 e. The van der Waals surface area contributed by atoms with E-state index in [9.17, 15) is 23.3 Å². The minimum atomic E-state index is -4.52. The summed E-state index contributed by atoms with van der Waals surface area (Å²) in [7, 11) is -4.52. The maximum absolute atomic E-state index is 12.8. The second-order valence-corrected chi connectivity index (χ2v) is 9.67. The Morgan fingerprint density at radius 1 is 1.24 bits per heavy atom. The lowest BCUT2D eigenvalue weighted by atomic mass is 10.2. The van der Waals surface area contributed by atoms with Crippen LogP contribution in [-0.2, 0) is 14.9 Å². The average molecular weight is 507 g/mol. The molecule has 0 N–H and O–H groups in total. The molecule has 172 valence electrons. The van der Waals surface area contributed by atoms with Crippen LogP contribution in [0, 0.1) is 10.1 Å². The molecule has 0 bridgehead atoms. The van der Waals surface area contributed by atoms with E-state index in [0.29, 0.717) is 21.3 Å². The number of rotatable bonds is 9. The summed E-state index contributed by atoms with van der Waals surface area (Å²) in [4.78, 5) is 24.2. The number of thioether (sulfide) groups is 1. The first-order valence-corrected chi connectivity index (χ1v) is 12.1. The first-order chi connectivity index (χ1) is 15.7. The third-order valence-electron chi connectivity index (χ3n) is 4.28. The van der Waals surface area contributed by atoms with Gasteiger partial charge in [-0.25, -0.2) is 0 Å². The molecule has 1 saturated heterocycles. The number of benzene rings is 2. The van der Waals surface area contributed by atoms with Gasteiger partial charge in [0.05, 0.1) is 16.4 Å². The highest BCUT2D eigenvalue weighted by Crippen LogP contribution is 2.36. The first-order valence-electron chi connectivity index (χ1n) is 9.49. The zero-order valence-electron chi connectivity index (χ0n) is 17.3. The van der Waals surface area contributed by atoms with Crippen LogP contribution in [-0.4, -0.2) is 41.6 Å². The van der Waals surface area contributed by atoms with Gasteiger partial charge in [0.1, 0.15) is 4.32 Å². The van der Waals surface area contributed by atoms with Crippen molar-refractivity contribution >= 4 is 56.1 Å². The fraction of sp³-hybridized carbons (Fsp3) is 0.143. The third kappa shape index (κ3) is 5.41. The summed E-state index contributed by atoms with van der Waals surface area (Å²) in [6.45, 7) is 5.81. The van der Waals surface area contributed by atoms with Crippen molar-refractivity contribution in [2.45, 2.75) is 11.8 Å². The molecule has 12 heteroatoms. The van der Waals surface area contributed by atoms with Gasteiger partial charge >= 0.3 is 10.1 Å². The number of carbonyl (C=O) groups excluding carboxylic acids is 1. The molecule has 0 radical (unpaired) electrons. The van der Waals surface area contributed by atoms with Crippen LogP contribution in [0.4, 0.5) is 5.69 Å². The van der Waals surface area contributed by atoms with Gasteiger partial charge in [-0.1, -0.05) is 48.3 Å². The van der Waals surface area contributed by atoms with Crippen LogP contribution < -0.4 is 8.92 Å². The minimum absolute atomic E-state index is 0.0926. The topological polar surface area (TPSA) is 116 Å². The van der Waals surface area contributed by atoms with Crippen molar-refractivity contribution in [1.82, 2.24) is 4.90 Å². The van der Waals surface area contributed by atoms with Gasteiger partial charge in [0.2, 0.25) is 0 Å². The smallest absolute Gasteiger partial charge is 0.346 e. The number of nitro benzene ring substituents is 1. The lowest BCUT2D eigenvalue weighted by Gasteiger charge is -2.13. The summed E-state index contributed by atoms with van der Waals surface area (Å²) in [5, 5.41) is 11.2. The Kier molecular flexibility index (Phi) is 7.51. The molecule has 1 amide bonds. The highest BCUT2D eigenvalue weighted by Gasteiger charge is 2.31. The van der Waals surface area contributed by atoms with Crippen molar-refractivity contribution in [3.05, 3.63) is 75.7 Å². The van der Waals surface area contributed by atoms with E-state index in [1.165, 1.54) is 35.2 Å². The molecule has 0 aromatic heterocycles. The highest BCUT2D eigenvalue weighted by molar-refractivity contribution is 8.26. The Labute approximate surface area is 200 Å². The Morgan fingerprint density at radius 3 is 2.64 bits per heavy atom. The van der Waals surface area contributed by atoms with Gasteiger partial charge in [0.15, 0.2) is 16.4 Å². The molecule has 2 aromatic rings. The van der Waals surface area contributed by atoms with Gasteiger partial charge in [-0.3, -0.25) is 19.8 Å². The zero-order valence-corrected chi connectivity index (χ0v) is 19.7. The van der Waals surface area contributed by atoms with Crippen molar-refractivity contribution in [3.63, 3.8) is 0 Å². The van der Waals surface area contributed by atoms with E-state index in [1.54, 1.807) is 19.1 Å². The third-order valence-corrected chi connectivity index (χ3v) is 6.94. The molecule has 0 spiro atoms. The van der Waals surface area contributed by atoms with Crippen molar-refractivity contribution in [1.29, 1.82) is 0 Å². The molecule has 0 atom stereocenters. The van der Waals surface area contributed by atoms with Crippen LogP contribution in [0.15, 0.2) is 64.9 Å². The van der Waals surface area contributed by atoms with Crippen molar-refractivity contribution in [2.24, 2.45) is 0 Å². The number of hydrogen-bond acceptors (Lipinski definition) is 9. The molecule has 1 fully saturated rings. The molecule has 2 aromatic carbocycles. The van der Waals surface area contributed by atoms with E-state index in [0.717, 1.165) is 23.9 Å². The quantitative estimate of drug-likeness (QED) is 0.123. The van der Waals surface area contributed by atoms with Gasteiger partial charge in [-0.2, -0.15) is 8.42 Å². The number of para-hydroxylation sites is 1. The van der Waals surface area contributed by atoms with Gasteiger partial charge in [-0.05, 0) is 36.8 Å². The van der Waals surface area contributed by atoms with Gasteiger partial charge < -0.3 is 8.92 Å². The molecule has 1 aliphatic heterocycles. The van der Waals surface area contributed by atoms with Gasteiger partial charge in [0.25, 0.3) is 11.6 Å². The Bertz CT molecular complexity index is 1270. The maximum Gasteiger partial charge on any atom is 0.346 e. The second-order valence-electron chi connectivity index (χ2n) is 6.48. The van der Waals surface area contributed by atoms with Crippen molar-refractivity contribution in [2.75, 3.05) is 13.2 Å². The molecule has 9 nitrogen and oxygen atoms in total. The number of thiocarbonyl (C=S) groups is 1. The lowest BCUT2D eigenvalue weighted by molar-refractivity contribution is -0.387. The number of amides is 1. The molecule has 0 unspecified atom stereocenters. The molecular weight excluding hydrogens is 488 g/mol. The fourth-order valence-corrected chi connectivity index (χ4v) is 5.25. The van der Waals surface area contributed by atoms with Crippen LogP contribution in [0.1, 0.15) is 12.5 Å². The van der Waals surface area contributed by atoms with Crippen molar-refractivity contribution < 1.29 is 27.1 Å². The Balaban J connectivity index is 1.94. The van der Waals surface area contributed by atoms with E-state index >= 15 is 0 Å². The molecule has 3 rings (SSSR count). The summed E-state index contributed by atoms with van der Waals surface area (Å²) >= 11 is 6.36. The second kappa shape index (κ2) is 10.1. The van der Waals surface area contributed by atoms with Crippen molar-refractivity contribution in [3.8, 4) is 11.5 Å². The molecule has 0 saturated carbocycles. The van der Waals surface area contributed by atoms with Crippen LogP contribution in [0.2, 0.25) is 0 Å². The number of ether oxygens (including phenoxy) is 1. The maximum atomic E-state index is 12.8. The van der Waals surface area contributed by atoms with Crippen LogP contribution in [0.25, 0.3) is 6.08 Å². The predicted octanol–water partition coefficient (Wildman–Crippen LogP) is 4.15. The van der Waals surface area contributed by atoms with Gasteiger partial charge in [0, 0.05) is 12.6 Å². The summed E-state index contributed by atoms with van der Waals surface area (Å²) in [5.41, 5.74) is -0.0541. The number of hydrogen-bond donors (Lipinski definition) is 0. The Morgan fingerprint density at radius 2 is 1.97 bits per heavy atom. The highest BCUT2D eigenvalue weighted by atomic mass is 32.2. The number of nitrogens with zero attached hydrogens (tertiary/aromatic N) is 2. The normalized spacial score (nSPS) is 15.1. The summed E-state index contributed by atoms with van der Waals surface area (Å²) in [5.74, 6) is -0.316. The number of carbonyl (C=O) groups is 1. The zero-order chi connectivity index (χ0) is 24.2. The molecule has 33 heavy (non-hydrogen) atoms. The molecule has 0 aliphatic carbocycles. The monoisotopic (exact) mass is 506 g/mol. The van der Waals surface area contributed by atoms with E-state index in [4.69, 9.17) is 21.1 Å². The van der Waals surface area contributed by atoms with E-state index in [1.807, 2.05) is 0 Å². The minimum Gasteiger partial charge on any atom is -0.490 e. The molecular formula is C21H18N2O7S3. The predicted molar refractivity (Wildman–Crippen MR) is 129 cm³/mol. The summed E-state index contributed by atoms with van der Waals surface area (Å²) in [6, 6.07) is 9.28.